The van der Waals surface area contributed by atoms with Gasteiger partial charge in [-0.25, -0.2) is 0 Å². The van der Waals surface area contributed by atoms with E-state index in [4.69, 9.17) is 5.26 Å². The van der Waals surface area contributed by atoms with E-state index in [1.54, 1.807) is 24.3 Å². The Morgan fingerprint density at radius 3 is 2.76 bits per heavy atom. The Labute approximate surface area is 126 Å². The summed E-state index contributed by atoms with van der Waals surface area (Å²) in [6, 6.07) is 9.58. The summed E-state index contributed by atoms with van der Waals surface area (Å²) in [6.07, 6.45) is 3.02. The van der Waals surface area contributed by atoms with E-state index in [-0.39, 0.29) is 5.91 Å². The highest BCUT2D eigenvalue weighted by Crippen LogP contribution is 2.22. The van der Waals surface area contributed by atoms with Crippen LogP contribution in [0.15, 0.2) is 24.3 Å². The van der Waals surface area contributed by atoms with E-state index < -0.39 is 0 Å². The smallest absolute Gasteiger partial charge is 0.225 e. The molecular formula is C17H23N3O. The molecule has 21 heavy (non-hydrogen) atoms. The number of nitrogens with one attached hydrogen (secondary N) is 1. The van der Waals surface area contributed by atoms with E-state index >= 15 is 0 Å². The number of benzene rings is 1. The van der Waals surface area contributed by atoms with Gasteiger partial charge in [0.1, 0.15) is 0 Å². The minimum Gasteiger partial charge on any atom is -0.326 e. The highest BCUT2D eigenvalue weighted by Gasteiger charge is 2.24. The lowest BCUT2D eigenvalue weighted by Crippen LogP contribution is -2.43. The summed E-state index contributed by atoms with van der Waals surface area (Å²) in [6.45, 7) is 6.44. The first-order valence-corrected chi connectivity index (χ1v) is 7.64. The van der Waals surface area contributed by atoms with Crippen molar-refractivity contribution in [2.45, 2.75) is 39.2 Å². The fraction of sp³-hybridized carbons (Fsp3) is 0.529. The molecule has 4 nitrogen and oxygen atoms in total. The maximum atomic E-state index is 12.0. The molecule has 112 valence electrons. The third kappa shape index (κ3) is 4.30. The van der Waals surface area contributed by atoms with Gasteiger partial charge in [-0.1, -0.05) is 6.92 Å². The largest absolute Gasteiger partial charge is 0.326 e. The molecule has 1 aliphatic rings. The van der Waals surface area contributed by atoms with Crippen LogP contribution in [0.2, 0.25) is 0 Å². The average Bonchev–Trinajstić information content (AvgIpc) is 2.49. The number of nitriles is 1. The lowest BCUT2D eigenvalue weighted by Gasteiger charge is -2.37. The molecule has 0 bridgehead atoms. The first kappa shape index (κ1) is 15.5. The van der Waals surface area contributed by atoms with Gasteiger partial charge in [0.05, 0.1) is 11.6 Å². The van der Waals surface area contributed by atoms with Crippen molar-refractivity contribution in [2.24, 2.45) is 5.92 Å². The number of carbonyl (C=O) groups is 1. The van der Waals surface area contributed by atoms with Crippen molar-refractivity contribution in [3.8, 4) is 6.07 Å². The van der Waals surface area contributed by atoms with Gasteiger partial charge >= 0.3 is 0 Å². The van der Waals surface area contributed by atoms with Crippen molar-refractivity contribution < 1.29 is 4.79 Å². The number of piperidine rings is 1. The molecular weight excluding hydrogens is 262 g/mol. The summed E-state index contributed by atoms with van der Waals surface area (Å²) < 4.78 is 0. The Balaban J connectivity index is 1.80. The molecule has 1 aromatic rings. The topological polar surface area (TPSA) is 56.1 Å². The zero-order valence-electron chi connectivity index (χ0n) is 12.8. The lowest BCUT2D eigenvalue weighted by atomic mass is 9.92. The molecule has 1 saturated heterocycles. The zero-order chi connectivity index (χ0) is 15.2. The number of rotatable bonds is 4. The molecule has 2 atom stereocenters. The highest BCUT2D eigenvalue weighted by atomic mass is 16.1. The summed E-state index contributed by atoms with van der Waals surface area (Å²) in [4.78, 5) is 14.4. The van der Waals surface area contributed by atoms with Crippen LogP contribution in [0, 0.1) is 17.2 Å². The maximum Gasteiger partial charge on any atom is 0.225 e. The molecule has 0 spiro atoms. The Kier molecular flexibility index (Phi) is 5.35. The first-order valence-electron chi connectivity index (χ1n) is 7.64. The van der Waals surface area contributed by atoms with Gasteiger partial charge < -0.3 is 5.32 Å². The predicted octanol–water partition coefficient (Wildman–Crippen LogP) is 3.01. The third-order valence-electron chi connectivity index (χ3n) is 4.43. The molecule has 2 unspecified atom stereocenters. The second-order valence-electron chi connectivity index (χ2n) is 5.88. The second-order valence-corrected chi connectivity index (χ2v) is 5.88. The molecule has 1 fully saturated rings. The summed E-state index contributed by atoms with van der Waals surface area (Å²) in [5, 5.41) is 11.6. The van der Waals surface area contributed by atoms with Gasteiger partial charge in [0, 0.05) is 24.7 Å². The molecule has 0 aliphatic carbocycles. The summed E-state index contributed by atoms with van der Waals surface area (Å²) in [7, 11) is 0. The van der Waals surface area contributed by atoms with Gasteiger partial charge in [0.25, 0.3) is 0 Å². The molecule has 4 heteroatoms. The van der Waals surface area contributed by atoms with E-state index in [0.29, 0.717) is 23.9 Å². The van der Waals surface area contributed by atoms with Gasteiger partial charge in [0.15, 0.2) is 0 Å². The summed E-state index contributed by atoms with van der Waals surface area (Å²) >= 11 is 0. The van der Waals surface area contributed by atoms with Crippen molar-refractivity contribution in [2.75, 3.05) is 18.4 Å². The molecule has 0 saturated carbocycles. The van der Waals surface area contributed by atoms with Crippen LogP contribution < -0.4 is 5.32 Å². The van der Waals surface area contributed by atoms with Gasteiger partial charge in [-0.3, -0.25) is 9.69 Å². The summed E-state index contributed by atoms with van der Waals surface area (Å²) in [5.41, 5.74) is 1.35. The van der Waals surface area contributed by atoms with E-state index in [1.807, 2.05) is 0 Å². The van der Waals surface area contributed by atoms with Crippen LogP contribution in [0.4, 0.5) is 5.69 Å². The summed E-state index contributed by atoms with van der Waals surface area (Å²) in [5.74, 6) is 0.741. The van der Waals surface area contributed by atoms with Crippen LogP contribution in [0.3, 0.4) is 0 Å². The van der Waals surface area contributed by atoms with Gasteiger partial charge in [-0.2, -0.15) is 5.26 Å². The Hall–Kier alpha value is -1.86. The van der Waals surface area contributed by atoms with Crippen molar-refractivity contribution in [3.05, 3.63) is 29.8 Å². The van der Waals surface area contributed by atoms with Crippen molar-refractivity contribution in [1.82, 2.24) is 4.90 Å². The Bertz CT molecular complexity index is 518. The van der Waals surface area contributed by atoms with E-state index in [1.165, 1.54) is 12.8 Å². The Morgan fingerprint density at radius 1 is 1.38 bits per heavy atom. The Morgan fingerprint density at radius 2 is 2.10 bits per heavy atom. The minimum absolute atomic E-state index is 0.0325. The normalized spacial score (nSPS) is 22.5. The van der Waals surface area contributed by atoms with Crippen LogP contribution in [0.5, 0.6) is 0 Å². The molecule has 2 rings (SSSR count). The molecule has 1 heterocycles. The van der Waals surface area contributed by atoms with Crippen LogP contribution in [0.25, 0.3) is 0 Å². The molecule has 1 amide bonds. The van der Waals surface area contributed by atoms with E-state index in [2.05, 4.69) is 30.1 Å². The standard InChI is InChI=1S/C17H23N3O/c1-13-4-3-10-20(14(13)2)11-9-17(21)19-16-7-5-15(12-18)6-8-16/h5-8,13-14H,3-4,9-11H2,1-2H3,(H,19,21). The number of amides is 1. The molecule has 0 radical (unpaired) electrons. The SMILES string of the molecule is CC1CCCN(CCC(=O)Nc2ccc(C#N)cc2)C1C. The number of nitrogens with zero attached hydrogens (tertiary/aromatic N) is 2. The van der Waals surface area contributed by atoms with Gasteiger partial charge in [0.2, 0.25) is 5.91 Å². The molecule has 1 aliphatic heterocycles. The fourth-order valence-electron chi connectivity index (χ4n) is 2.83. The number of carbonyl (C=O) groups excluding carboxylic acids is 1. The van der Waals surface area contributed by atoms with Crippen molar-refractivity contribution in [1.29, 1.82) is 5.26 Å². The van der Waals surface area contributed by atoms with Crippen LogP contribution in [-0.4, -0.2) is 29.9 Å². The van der Waals surface area contributed by atoms with E-state index in [0.717, 1.165) is 18.8 Å². The van der Waals surface area contributed by atoms with Crippen LogP contribution in [-0.2, 0) is 4.79 Å². The second kappa shape index (κ2) is 7.24. The maximum absolute atomic E-state index is 12.0. The van der Waals surface area contributed by atoms with Gasteiger partial charge in [-0.15, -0.1) is 0 Å². The van der Waals surface area contributed by atoms with Gasteiger partial charge in [-0.05, 0) is 56.5 Å². The van der Waals surface area contributed by atoms with Crippen molar-refractivity contribution in [3.63, 3.8) is 0 Å². The molecule has 0 aromatic heterocycles. The highest BCUT2D eigenvalue weighted by molar-refractivity contribution is 5.90. The molecule has 1 aromatic carbocycles. The van der Waals surface area contributed by atoms with Crippen LogP contribution >= 0.6 is 0 Å². The third-order valence-corrected chi connectivity index (χ3v) is 4.43. The van der Waals surface area contributed by atoms with Crippen molar-refractivity contribution >= 4 is 11.6 Å². The number of hydrogen-bond acceptors (Lipinski definition) is 3. The number of hydrogen-bond donors (Lipinski definition) is 1. The van der Waals surface area contributed by atoms with Crippen LogP contribution in [0.1, 0.15) is 38.7 Å². The minimum atomic E-state index is 0.0325. The van der Waals surface area contributed by atoms with E-state index in [9.17, 15) is 4.79 Å². The average molecular weight is 285 g/mol. The number of likely N-dealkylation sites (tertiary alicyclic amines) is 1. The quantitative estimate of drug-likeness (QED) is 0.925. The monoisotopic (exact) mass is 285 g/mol. The lowest BCUT2D eigenvalue weighted by molar-refractivity contribution is -0.116. The zero-order valence-corrected chi connectivity index (χ0v) is 12.8. The fourth-order valence-corrected chi connectivity index (χ4v) is 2.83. The predicted molar refractivity (Wildman–Crippen MR) is 83.8 cm³/mol. The first-order chi connectivity index (χ1) is 10.1. The molecule has 1 N–H and O–H groups in total. The number of anilines is 1.